The predicted molar refractivity (Wildman–Crippen MR) is 91.5 cm³/mol. The lowest BCUT2D eigenvalue weighted by atomic mass is 9.98. The van der Waals surface area contributed by atoms with Crippen molar-refractivity contribution in [3.63, 3.8) is 0 Å². The number of imidazole rings is 1. The second-order valence-electron chi connectivity index (χ2n) is 6.08. The highest BCUT2D eigenvalue weighted by Gasteiger charge is 2.21. The van der Waals surface area contributed by atoms with Gasteiger partial charge in [-0.25, -0.2) is 4.98 Å². The fraction of sp³-hybridized carbons (Fsp3) is 0.316. The van der Waals surface area contributed by atoms with E-state index >= 15 is 0 Å². The number of aromatic nitrogens is 2. The molecule has 4 rings (SSSR count). The van der Waals surface area contributed by atoms with Gasteiger partial charge in [0.15, 0.2) is 0 Å². The van der Waals surface area contributed by atoms with E-state index in [1.54, 1.807) is 0 Å². The highest BCUT2D eigenvalue weighted by molar-refractivity contribution is 5.89. The Kier molecular flexibility index (Phi) is 3.75. The van der Waals surface area contributed by atoms with Crippen molar-refractivity contribution < 1.29 is 4.74 Å². The minimum atomic E-state index is 0.300. The molecule has 1 aliphatic heterocycles. The molecule has 0 amide bonds. The Hall–Kier alpha value is -2.33. The van der Waals surface area contributed by atoms with Crippen molar-refractivity contribution in [3.8, 4) is 5.75 Å². The van der Waals surface area contributed by atoms with E-state index in [1.807, 2.05) is 19.4 Å². The molecule has 0 spiro atoms. The second-order valence-corrected chi connectivity index (χ2v) is 6.08. The fourth-order valence-corrected chi connectivity index (χ4v) is 3.31. The minimum absolute atomic E-state index is 0.300. The van der Waals surface area contributed by atoms with Crippen molar-refractivity contribution in [3.05, 3.63) is 60.2 Å². The van der Waals surface area contributed by atoms with E-state index in [2.05, 4.69) is 51.3 Å². The summed E-state index contributed by atoms with van der Waals surface area (Å²) in [6.45, 7) is 1.54. The van der Waals surface area contributed by atoms with Gasteiger partial charge in [0, 0.05) is 36.4 Å². The Morgan fingerprint density at radius 1 is 1.26 bits per heavy atom. The van der Waals surface area contributed by atoms with Crippen LogP contribution in [0.25, 0.3) is 10.8 Å². The summed E-state index contributed by atoms with van der Waals surface area (Å²) in [7, 11) is 2.03. The van der Waals surface area contributed by atoms with E-state index in [9.17, 15) is 0 Å². The largest absolute Gasteiger partial charge is 0.493 e. The van der Waals surface area contributed by atoms with Gasteiger partial charge in [0.25, 0.3) is 0 Å². The van der Waals surface area contributed by atoms with Crippen molar-refractivity contribution in [1.29, 1.82) is 0 Å². The van der Waals surface area contributed by atoms with E-state index in [0.29, 0.717) is 6.04 Å². The first-order valence-electron chi connectivity index (χ1n) is 8.17. The molecule has 1 aliphatic rings. The molecule has 4 heteroatoms. The molecule has 2 aromatic carbocycles. The van der Waals surface area contributed by atoms with Crippen LogP contribution in [0.5, 0.6) is 5.75 Å². The number of hydrogen-bond donors (Lipinski definition) is 1. The van der Waals surface area contributed by atoms with E-state index in [4.69, 9.17) is 4.74 Å². The maximum atomic E-state index is 6.09. The van der Waals surface area contributed by atoms with Crippen molar-refractivity contribution in [1.82, 2.24) is 14.9 Å². The zero-order chi connectivity index (χ0) is 15.6. The van der Waals surface area contributed by atoms with E-state index < -0.39 is 0 Å². The number of nitrogens with zero attached hydrogens (tertiary/aromatic N) is 2. The summed E-state index contributed by atoms with van der Waals surface area (Å²) >= 11 is 0. The van der Waals surface area contributed by atoms with Gasteiger partial charge in [-0.05, 0) is 18.2 Å². The number of rotatable bonds is 3. The Balaban J connectivity index is 1.67. The van der Waals surface area contributed by atoms with Gasteiger partial charge in [-0.2, -0.15) is 0 Å². The smallest absolute Gasteiger partial charge is 0.131 e. The first-order valence-corrected chi connectivity index (χ1v) is 8.17. The lowest BCUT2D eigenvalue weighted by molar-refractivity contribution is 0.318. The Morgan fingerprint density at radius 2 is 2.17 bits per heavy atom. The molecular formula is C19H21N3O. The van der Waals surface area contributed by atoms with Gasteiger partial charge in [0.05, 0.1) is 13.2 Å². The summed E-state index contributed by atoms with van der Waals surface area (Å²) in [5.41, 5.74) is 1.26. The molecule has 1 atom stereocenters. The van der Waals surface area contributed by atoms with Crippen LogP contribution in [0.4, 0.5) is 0 Å². The molecule has 1 aromatic heterocycles. The van der Waals surface area contributed by atoms with E-state index in [0.717, 1.165) is 37.6 Å². The molecular weight excluding hydrogens is 286 g/mol. The monoisotopic (exact) mass is 307 g/mol. The minimum Gasteiger partial charge on any atom is -0.493 e. The highest BCUT2D eigenvalue weighted by atomic mass is 16.5. The van der Waals surface area contributed by atoms with Gasteiger partial charge in [-0.15, -0.1) is 0 Å². The van der Waals surface area contributed by atoms with Gasteiger partial charge in [-0.1, -0.05) is 36.4 Å². The van der Waals surface area contributed by atoms with Gasteiger partial charge >= 0.3 is 0 Å². The SMILES string of the molecule is Cn1ccnc1CN[C@H]1CCCOc2c1ccc1ccccc21. The van der Waals surface area contributed by atoms with Gasteiger partial charge < -0.3 is 14.6 Å². The second kappa shape index (κ2) is 6.05. The maximum Gasteiger partial charge on any atom is 0.131 e. The van der Waals surface area contributed by atoms with Gasteiger partial charge in [0.1, 0.15) is 11.6 Å². The van der Waals surface area contributed by atoms with Crippen molar-refractivity contribution in [2.75, 3.05) is 6.61 Å². The summed E-state index contributed by atoms with van der Waals surface area (Å²) in [6, 6.07) is 13.1. The number of hydrogen-bond acceptors (Lipinski definition) is 3. The molecule has 0 bridgehead atoms. The standard InChI is InChI=1S/C19H21N3O/c1-22-11-10-20-18(22)13-21-17-7-4-12-23-19-15-6-3-2-5-14(15)8-9-16(17)19/h2-3,5-6,8-11,17,21H,4,7,12-13H2,1H3/t17-/m0/s1. The summed E-state index contributed by atoms with van der Waals surface area (Å²) < 4.78 is 8.15. The predicted octanol–water partition coefficient (Wildman–Crippen LogP) is 3.58. The first kappa shape index (κ1) is 14.3. The third-order valence-electron chi connectivity index (χ3n) is 4.60. The first-order chi connectivity index (χ1) is 11.3. The highest BCUT2D eigenvalue weighted by Crippen LogP contribution is 2.37. The summed E-state index contributed by atoms with van der Waals surface area (Å²) in [6.07, 6.45) is 5.96. The normalized spacial score (nSPS) is 17.5. The molecule has 4 nitrogen and oxygen atoms in total. The maximum absolute atomic E-state index is 6.09. The Labute approximate surface area is 136 Å². The van der Waals surface area contributed by atoms with Crippen molar-refractivity contribution >= 4 is 10.8 Å². The van der Waals surface area contributed by atoms with Gasteiger partial charge in [-0.3, -0.25) is 0 Å². The molecule has 0 saturated carbocycles. The van der Waals surface area contributed by atoms with Gasteiger partial charge in [0.2, 0.25) is 0 Å². The molecule has 0 radical (unpaired) electrons. The quantitative estimate of drug-likeness (QED) is 0.804. The topological polar surface area (TPSA) is 39.1 Å². The Morgan fingerprint density at radius 3 is 3.04 bits per heavy atom. The third kappa shape index (κ3) is 2.70. The molecule has 2 heterocycles. The average Bonchev–Trinajstić information content (AvgIpc) is 2.88. The van der Waals surface area contributed by atoms with Crippen LogP contribution >= 0.6 is 0 Å². The summed E-state index contributed by atoms with van der Waals surface area (Å²) in [5.74, 6) is 2.09. The van der Waals surface area contributed by atoms with Crippen molar-refractivity contribution in [2.24, 2.45) is 7.05 Å². The lowest BCUT2D eigenvalue weighted by Crippen LogP contribution is -2.22. The number of nitrogens with one attached hydrogen (secondary N) is 1. The van der Waals surface area contributed by atoms with Crippen LogP contribution in [0.15, 0.2) is 48.8 Å². The number of fused-ring (bicyclic) bond motifs is 3. The van der Waals surface area contributed by atoms with E-state index in [-0.39, 0.29) is 0 Å². The van der Waals surface area contributed by atoms with Crippen LogP contribution in [0, 0.1) is 0 Å². The molecule has 0 unspecified atom stereocenters. The van der Waals surface area contributed by atoms with Crippen LogP contribution in [-0.2, 0) is 13.6 Å². The van der Waals surface area contributed by atoms with Crippen LogP contribution in [0.3, 0.4) is 0 Å². The Bertz CT molecular complexity index is 824. The number of ether oxygens (including phenoxy) is 1. The average molecular weight is 307 g/mol. The molecule has 0 fully saturated rings. The fourth-order valence-electron chi connectivity index (χ4n) is 3.31. The molecule has 0 aliphatic carbocycles. The van der Waals surface area contributed by atoms with Crippen LogP contribution in [0.1, 0.15) is 30.3 Å². The number of aryl methyl sites for hydroxylation is 1. The molecule has 23 heavy (non-hydrogen) atoms. The lowest BCUT2D eigenvalue weighted by Gasteiger charge is -2.19. The van der Waals surface area contributed by atoms with Crippen molar-refractivity contribution in [2.45, 2.75) is 25.4 Å². The molecule has 1 N–H and O–H groups in total. The number of benzene rings is 2. The van der Waals surface area contributed by atoms with E-state index in [1.165, 1.54) is 16.3 Å². The summed E-state index contributed by atoms with van der Waals surface area (Å²) in [4.78, 5) is 4.40. The van der Waals surface area contributed by atoms with Crippen LogP contribution < -0.4 is 10.1 Å². The molecule has 3 aromatic rings. The summed E-state index contributed by atoms with van der Waals surface area (Å²) in [5, 5.41) is 6.10. The third-order valence-corrected chi connectivity index (χ3v) is 4.60. The zero-order valence-electron chi connectivity index (χ0n) is 13.3. The zero-order valence-corrected chi connectivity index (χ0v) is 13.3. The molecule has 0 saturated heterocycles. The molecule has 118 valence electrons. The van der Waals surface area contributed by atoms with Crippen LogP contribution in [-0.4, -0.2) is 16.2 Å². The van der Waals surface area contributed by atoms with Crippen LogP contribution in [0.2, 0.25) is 0 Å².